The minimum atomic E-state index is 0.229. The van der Waals surface area contributed by atoms with E-state index in [0.29, 0.717) is 18.0 Å². The Bertz CT molecular complexity index is 1020. The monoisotopic (exact) mass is 421 g/mol. The highest BCUT2D eigenvalue weighted by Gasteiger charge is 2.27. The lowest BCUT2D eigenvalue weighted by Gasteiger charge is -2.39. The fourth-order valence-corrected chi connectivity index (χ4v) is 5.02. The molecule has 31 heavy (non-hydrogen) atoms. The van der Waals surface area contributed by atoms with Crippen LogP contribution in [-0.2, 0) is 0 Å². The largest absolute Gasteiger partial charge is 0.395 e. The van der Waals surface area contributed by atoms with Gasteiger partial charge in [0.2, 0.25) is 5.95 Å². The molecule has 0 aliphatic carbocycles. The molecule has 1 aromatic carbocycles. The summed E-state index contributed by atoms with van der Waals surface area (Å²) >= 11 is 0. The number of fused-ring (bicyclic) bond motifs is 1. The molecule has 2 aromatic heterocycles. The second kappa shape index (κ2) is 8.53. The molecule has 2 aliphatic heterocycles. The number of H-pyrrole nitrogens is 1. The zero-order valence-electron chi connectivity index (χ0n) is 18.3. The Hall–Kier alpha value is -2.55. The molecule has 164 valence electrons. The van der Waals surface area contributed by atoms with Gasteiger partial charge >= 0.3 is 0 Å². The Morgan fingerprint density at radius 3 is 2.65 bits per heavy atom. The van der Waals surface area contributed by atoms with Crippen molar-refractivity contribution < 1.29 is 5.11 Å². The van der Waals surface area contributed by atoms with Crippen molar-refractivity contribution in [1.82, 2.24) is 30.4 Å². The number of nitrogens with one attached hydrogen (secondary N) is 2. The van der Waals surface area contributed by atoms with Crippen LogP contribution in [0.4, 0.5) is 5.95 Å². The number of anilines is 1. The molecule has 5 rings (SSSR count). The zero-order valence-corrected chi connectivity index (χ0v) is 18.3. The van der Waals surface area contributed by atoms with Crippen molar-refractivity contribution in [2.45, 2.75) is 38.3 Å². The third-order valence-corrected chi connectivity index (χ3v) is 6.69. The van der Waals surface area contributed by atoms with Gasteiger partial charge in [0.25, 0.3) is 0 Å². The van der Waals surface area contributed by atoms with Gasteiger partial charge in [-0.1, -0.05) is 24.3 Å². The second-order valence-corrected chi connectivity index (χ2v) is 8.90. The molecule has 3 aromatic rings. The van der Waals surface area contributed by atoms with Crippen LogP contribution in [0.5, 0.6) is 0 Å². The van der Waals surface area contributed by atoms with Crippen LogP contribution in [0.15, 0.2) is 30.5 Å². The zero-order chi connectivity index (χ0) is 21.4. The third-order valence-electron chi connectivity index (χ3n) is 6.69. The highest BCUT2D eigenvalue weighted by Crippen LogP contribution is 2.31. The van der Waals surface area contributed by atoms with Crippen molar-refractivity contribution in [3.8, 4) is 11.3 Å². The molecule has 2 saturated heterocycles. The highest BCUT2D eigenvalue weighted by molar-refractivity contribution is 5.89. The first-order chi connectivity index (χ1) is 15.1. The maximum Gasteiger partial charge on any atom is 0.226 e. The van der Waals surface area contributed by atoms with Crippen molar-refractivity contribution in [3.63, 3.8) is 0 Å². The number of rotatable bonds is 5. The lowest BCUT2D eigenvalue weighted by molar-refractivity contribution is 0.220. The SMILES string of the molecule is C[C@@H]1CNC[C@H](C)N1c1ncc2[nH]nc(-c3ccc(C4CCN(CCO)C4)cc3)c2n1. The standard InChI is InChI=1S/C23H31N7O/c1-15-11-24-12-16(2)30(15)23-25-13-20-22(26-23)21(28-27-20)18-5-3-17(4-6-18)19-7-8-29(14-19)9-10-31/h3-6,13,15-16,19,24,31H,7-12,14H2,1-2H3,(H,27,28)/t15-,16+,19?. The quantitative estimate of drug-likeness (QED) is 0.580. The average molecular weight is 422 g/mol. The van der Waals surface area contributed by atoms with Crippen LogP contribution in [0.3, 0.4) is 0 Å². The van der Waals surface area contributed by atoms with Crippen LogP contribution in [0, 0.1) is 0 Å². The number of aromatic nitrogens is 4. The Balaban J connectivity index is 1.41. The van der Waals surface area contributed by atoms with Crippen LogP contribution >= 0.6 is 0 Å². The van der Waals surface area contributed by atoms with Gasteiger partial charge in [-0.3, -0.25) is 5.10 Å². The minimum Gasteiger partial charge on any atom is -0.395 e. The van der Waals surface area contributed by atoms with E-state index in [1.807, 2.05) is 6.20 Å². The lowest BCUT2D eigenvalue weighted by Crippen LogP contribution is -2.55. The molecule has 1 unspecified atom stereocenters. The van der Waals surface area contributed by atoms with E-state index in [0.717, 1.165) is 67.4 Å². The van der Waals surface area contributed by atoms with Gasteiger partial charge in [0.15, 0.2) is 0 Å². The second-order valence-electron chi connectivity index (χ2n) is 8.90. The van der Waals surface area contributed by atoms with E-state index in [1.54, 1.807) is 0 Å². The first kappa shape index (κ1) is 20.4. The van der Waals surface area contributed by atoms with Gasteiger partial charge in [-0.15, -0.1) is 0 Å². The molecule has 3 atom stereocenters. The Labute approximate surface area is 182 Å². The highest BCUT2D eigenvalue weighted by atomic mass is 16.3. The number of hydrogen-bond acceptors (Lipinski definition) is 7. The number of likely N-dealkylation sites (tertiary alicyclic amines) is 1. The smallest absolute Gasteiger partial charge is 0.226 e. The Morgan fingerprint density at radius 2 is 1.90 bits per heavy atom. The molecule has 2 aliphatic rings. The molecular weight excluding hydrogens is 390 g/mol. The van der Waals surface area contributed by atoms with Crippen LogP contribution in [0.1, 0.15) is 31.7 Å². The van der Waals surface area contributed by atoms with E-state index in [-0.39, 0.29) is 6.61 Å². The van der Waals surface area contributed by atoms with Gasteiger partial charge in [-0.25, -0.2) is 9.97 Å². The summed E-state index contributed by atoms with van der Waals surface area (Å²) in [5.74, 6) is 1.30. The fourth-order valence-electron chi connectivity index (χ4n) is 5.02. The number of aromatic amines is 1. The van der Waals surface area contributed by atoms with Crippen LogP contribution in [-0.4, -0.2) is 81.6 Å². The van der Waals surface area contributed by atoms with E-state index in [4.69, 9.17) is 4.98 Å². The molecule has 8 nitrogen and oxygen atoms in total. The number of piperazine rings is 1. The fraction of sp³-hybridized carbons (Fsp3) is 0.522. The van der Waals surface area contributed by atoms with Gasteiger partial charge in [0.05, 0.1) is 12.8 Å². The predicted octanol–water partition coefficient (Wildman–Crippen LogP) is 1.99. The number of aliphatic hydroxyl groups is 1. The van der Waals surface area contributed by atoms with Crippen molar-refractivity contribution in [2.75, 3.05) is 44.2 Å². The first-order valence-electron chi connectivity index (χ1n) is 11.3. The van der Waals surface area contributed by atoms with Crippen molar-refractivity contribution in [1.29, 1.82) is 0 Å². The van der Waals surface area contributed by atoms with Crippen LogP contribution < -0.4 is 10.2 Å². The van der Waals surface area contributed by atoms with Gasteiger partial charge in [-0.2, -0.15) is 5.10 Å². The molecule has 0 saturated carbocycles. The van der Waals surface area contributed by atoms with Crippen LogP contribution in [0.2, 0.25) is 0 Å². The maximum absolute atomic E-state index is 9.18. The predicted molar refractivity (Wildman–Crippen MR) is 122 cm³/mol. The van der Waals surface area contributed by atoms with E-state index in [1.165, 1.54) is 5.56 Å². The normalized spacial score (nSPS) is 24.9. The summed E-state index contributed by atoms with van der Waals surface area (Å²) in [6.07, 6.45) is 2.99. The van der Waals surface area contributed by atoms with E-state index in [9.17, 15) is 5.11 Å². The number of aliphatic hydroxyl groups excluding tert-OH is 1. The van der Waals surface area contributed by atoms with E-state index in [2.05, 4.69) is 68.4 Å². The van der Waals surface area contributed by atoms with E-state index < -0.39 is 0 Å². The summed E-state index contributed by atoms with van der Waals surface area (Å²) in [6.45, 7) is 9.34. The van der Waals surface area contributed by atoms with Gasteiger partial charge in [0, 0.05) is 43.8 Å². The molecule has 2 fully saturated rings. The summed E-state index contributed by atoms with van der Waals surface area (Å²) in [6, 6.07) is 9.41. The van der Waals surface area contributed by atoms with Gasteiger partial charge < -0.3 is 20.2 Å². The number of nitrogens with zero attached hydrogens (tertiary/aromatic N) is 5. The maximum atomic E-state index is 9.18. The molecule has 4 heterocycles. The van der Waals surface area contributed by atoms with Crippen molar-refractivity contribution >= 4 is 17.0 Å². The van der Waals surface area contributed by atoms with Gasteiger partial charge in [0.1, 0.15) is 16.7 Å². The Morgan fingerprint density at radius 1 is 1.13 bits per heavy atom. The van der Waals surface area contributed by atoms with Gasteiger partial charge in [-0.05, 0) is 38.3 Å². The molecule has 0 bridgehead atoms. The minimum absolute atomic E-state index is 0.229. The molecule has 0 spiro atoms. The number of β-amino-alcohol motifs (C(OH)–C–C–N with tert-alkyl or cyclic N) is 1. The molecule has 3 N–H and O–H groups in total. The van der Waals surface area contributed by atoms with Crippen LogP contribution in [0.25, 0.3) is 22.3 Å². The number of hydrogen-bond donors (Lipinski definition) is 3. The average Bonchev–Trinajstić information content (AvgIpc) is 3.41. The summed E-state index contributed by atoms with van der Waals surface area (Å²) in [5, 5.41) is 20.3. The Kier molecular flexibility index (Phi) is 5.60. The summed E-state index contributed by atoms with van der Waals surface area (Å²) < 4.78 is 0. The summed E-state index contributed by atoms with van der Waals surface area (Å²) in [5.41, 5.74) is 5.00. The first-order valence-corrected chi connectivity index (χ1v) is 11.3. The summed E-state index contributed by atoms with van der Waals surface area (Å²) in [7, 11) is 0. The molecule has 0 amide bonds. The molecular formula is C23H31N7O. The summed E-state index contributed by atoms with van der Waals surface area (Å²) in [4.78, 5) is 14.2. The van der Waals surface area contributed by atoms with Crippen molar-refractivity contribution in [3.05, 3.63) is 36.0 Å². The lowest BCUT2D eigenvalue weighted by atomic mass is 9.96. The molecule has 8 heteroatoms. The topological polar surface area (TPSA) is 93.2 Å². The molecule has 0 radical (unpaired) electrons. The van der Waals surface area contributed by atoms with Crippen molar-refractivity contribution in [2.24, 2.45) is 0 Å². The third kappa shape index (κ3) is 3.91. The van der Waals surface area contributed by atoms with E-state index >= 15 is 0 Å². The number of benzene rings is 1.